The first-order valence-corrected chi connectivity index (χ1v) is 11.7. The van der Waals surface area contributed by atoms with Gasteiger partial charge in [0, 0.05) is 34.6 Å². The highest BCUT2D eigenvalue weighted by molar-refractivity contribution is 7.12. The number of thiophene rings is 1. The molecule has 0 saturated carbocycles. The molecule has 1 aliphatic rings. The van der Waals surface area contributed by atoms with Crippen molar-refractivity contribution in [2.45, 2.75) is 25.3 Å². The summed E-state index contributed by atoms with van der Waals surface area (Å²) in [4.78, 5) is 35.6. The van der Waals surface area contributed by atoms with E-state index in [9.17, 15) is 9.59 Å². The number of carbonyl (C=O) groups excluding carboxylic acids is 1. The molecule has 164 valence electrons. The second-order valence-corrected chi connectivity index (χ2v) is 9.40. The molecule has 1 aliphatic heterocycles. The first-order valence-electron chi connectivity index (χ1n) is 10.1. The van der Waals surface area contributed by atoms with Crippen LogP contribution in [-0.4, -0.2) is 48.9 Å². The van der Waals surface area contributed by atoms with E-state index in [1.807, 2.05) is 22.4 Å². The number of rotatable bonds is 4. The molecule has 1 atom stereocenters. The molecule has 4 aromatic rings. The molecule has 3 aromatic heterocycles. The van der Waals surface area contributed by atoms with Crippen LogP contribution < -0.4 is 5.56 Å². The van der Waals surface area contributed by atoms with Gasteiger partial charge in [-0.25, -0.2) is 9.67 Å². The Bertz CT molecular complexity index is 1330. The van der Waals surface area contributed by atoms with E-state index in [0.29, 0.717) is 45.0 Å². The van der Waals surface area contributed by atoms with Crippen molar-refractivity contribution >= 4 is 51.6 Å². The van der Waals surface area contributed by atoms with E-state index < -0.39 is 0 Å². The molecule has 1 aromatic carbocycles. The van der Waals surface area contributed by atoms with E-state index in [1.54, 1.807) is 18.2 Å². The number of nitrogens with zero attached hydrogens (tertiary/aromatic N) is 5. The normalized spacial score (nSPS) is 16.6. The van der Waals surface area contributed by atoms with Crippen molar-refractivity contribution in [3.8, 4) is 0 Å². The zero-order valence-corrected chi connectivity index (χ0v) is 19.1. The Balaban J connectivity index is 1.46. The molecule has 1 N–H and O–H groups in total. The van der Waals surface area contributed by atoms with Crippen molar-refractivity contribution < 1.29 is 4.79 Å². The monoisotopic (exact) mass is 488 g/mol. The Morgan fingerprint density at radius 2 is 2.03 bits per heavy atom. The third-order valence-corrected chi connectivity index (χ3v) is 7.15. The summed E-state index contributed by atoms with van der Waals surface area (Å²) < 4.78 is 1.53. The smallest absolute Gasteiger partial charge is 0.281 e. The van der Waals surface area contributed by atoms with E-state index in [1.165, 1.54) is 16.0 Å². The van der Waals surface area contributed by atoms with E-state index in [4.69, 9.17) is 28.2 Å². The first-order chi connectivity index (χ1) is 15.5. The van der Waals surface area contributed by atoms with Gasteiger partial charge in [-0.1, -0.05) is 40.5 Å². The van der Waals surface area contributed by atoms with Gasteiger partial charge in [0.15, 0.2) is 11.2 Å². The van der Waals surface area contributed by atoms with Gasteiger partial charge in [-0.2, -0.15) is 0 Å². The number of hydrogen-bond donors (Lipinski definition) is 1. The van der Waals surface area contributed by atoms with Gasteiger partial charge in [-0.05, 0) is 36.4 Å². The molecule has 5 rings (SSSR count). The average molecular weight is 489 g/mol. The lowest BCUT2D eigenvalue weighted by molar-refractivity contribution is 0.0709. The van der Waals surface area contributed by atoms with Crippen LogP contribution in [0.5, 0.6) is 0 Å². The number of hydrogen-bond acceptors (Lipinski definition) is 6. The molecule has 1 amide bonds. The molecule has 11 heteroatoms. The third kappa shape index (κ3) is 3.92. The summed E-state index contributed by atoms with van der Waals surface area (Å²) in [5.41, 5.74) is 0.834. The number of fused-ring (bicyclic) bond motifs is 1. The molecular formula is C21H18Cl2N6O2S. The van der Waals surface area contributed by atoms with Gasteiger partial charge in [0.1, 0.15) is 5.82 Å². The Morgan fingerprint density at radius 1 is 1.22 bits per heavy atom. The molecule has 0 radical (unpaired) electrons. The summed E-state index contributed by atoms with van der Waals surface area (Å²) in [7, 11) is 0. The standard InChI is InChI=1S/C21H18Cl2N6O2S/c22-14-5-1-6-15(23)13(14)11-29-19-17(26-27-29)20(30)25-18(24-19)12-4-2-8-28(10-12)21(31)16-7-3-9-32-16/h1,3,5-7,9,12H,2,4,8,10-11H2,(H,24,25,30)/t12-/m1/s1. The van der Waals surface area contributed by atoms with E-state index >= 15 is 0 Å². The Labute approximate surface area is 196 Å². The third-order valence-electron chi connectivity index (χ3n) is 5.59. The highest BCUT2D eigenvalue weighted by atomic mass is 35.5. The van der Waals surface area contributed by atoms with E-state index in [-0.39, 0.29) is 29.4 Å². The Morgan fingerprint density at radius 3 is 2.78 bits per heavy atom. The topological polar surface area (TPSA) is 96.8 Å². The highest BCUT2D eigenvalue weighted by Gasteiger charge is 2.28. The fraction of sp³-hybridized carbons (Fsp3) is 0.286. The van der Waals surface area contributed by atoms with Crippen molar-refractivity contribution in [3.63, 3.8) is 0 Å². The molecule has 4 heterocycles. The van der Waals surface area contributed by atoms with Gasteiger partial charge in [0.2, 0.25) is 0 Å². The lowest BCUT2D eigenvalue weighted by Crippen LogP contribution is -2.39. The fourth-order valence-corrected chi connectivity index (χ4v) is 5.16. The minimum absolute atomic E-state index is 0.00759. The molecule has 0 aliphatic carbocycles. The lowest BCUT2D eigenvalue weighted by atomic mass is 9.97. The van der Waals surface area contributed by atoms with Crippen molar-refractivity contribution in [1.82, 2.24) is 29.9 Å². The van der Waals surface area contributed by atoms with Crippen LogP contribution in [-0.2, 0) is 6.54 Å². The van der Waals surface area contributed by atoms with Gasteiger partial charge in [-0.3, -0.25) is 9.59 Å². The van der Waals surface area contributed by atoms with Gasteiger partial charge in [-0.15, -0.1) is 16.4 Å². The number of halogens is 2. The zero-order chi connectivity index (χ0) is 22.2. The molecule has 1 fully saturated rings. The molecule has 8 nitrogen and oxygen atoms in total. The number of nitrogens with one attached hydrogen (secondary N) is 1. The molecule has 0 spiro atoms. The van der Waals surface area contributed by atoms with Crippen LogP contribution in [0.1, 0.15) is 39.8 Å². The number of carbonyl (C=O) groups is 1. The van der Waals surface area contributed by atoms with E-state index in [0.717, 1.165) is 12.8 Å². The Kier molecular flexibility index (Phi) is 5.71. The van der Waals surface area contributed by atoms with Gasteiger partial charge in [0.05, 0.1) is 11.4 Å². The fourth-order valence-electron chi connectivity index (χ4n) is 3.96. The van der Waals surface area contributed by atoms with Gasteiger partial charge < -0.3 is 9.88 Å². The molecule has 1 saturated heterocycles. The van der Waals surface area contributed by atoms with Gasteiger partial charge >= 0.3 is 0 Å². The second-order valence-electron chi connectivity index (χ2n) is 7.64. The highest BCUT2D eigenvalue weighted by Crippen LogP contribution is 2.28. The van der Waals surface area contributed by atoms with Crippen LogP contribution in [0.25, 0.3) is 11.2 Å². The summed E-state index contributed by atoms with van der Waals surface area (Å²) in [5, 5.41) is 11.0. The molecular weight excluding hydrogens is 471 g/mol. The van der Waals surface area contributed by atoms with Crippen LogP contribution in [0.3, 0.4) is 0 Å². The first kappa shape index (κ1) is 21.1. The zero-order valence-electron chi connectivity index (χ0n) is 16.8. The summed E-state index contributed by atoms with van der Waals surface area (Å²) in [5.74, 6) is 0.449. The number of piperidine rings is 1. The molecule has 0 bridgehead atoms. The van der Waals surface area contributed by atoms with Crippen LogP contribution in [0.2, 0.25) is 10.0 Å². The number of aromatic amines is 1. The maximum atomic E-state index is 12.8. The summed E-state index contributed by atoms with van der Waals surface area (Å²) >= 11 is 14.0. The summed E-state index contributed by atoms with van der Waals surface area (Å²) in [6.07, 6.45) is 1.65. The average Bonchev–Trinajstić information content (AvgIpc) is 3.47. The number of aromatic nitrogens is 5. The predicted octanol–water partition coefficient (Wildman–Crippen LogP) is 3.95. The lowest BCUT2D eigenvalue weighted by Gasteiger charge is -2.31. The quantitative estimate of drug-likeness (QED) is 0.468. The number of amides is 1. The largest absolute Gasteiger partial charge is 0.337 e. The maximum absolute atomic E-state index is 12.8. The van der Waals surface area contributed by atoms with Crippen molar-refractivity contribution in [3.05, 3.63) is 72.4 Å². The van der Waals surface area contributed by atoms with Crippen LogP contribution in [0.15, 0.2) is 40.5 Å². The predicted molar refractivity (Wildman–Crippen MR) is 124 cm³/mol. The minimum Gasteiger partial charge on any atom is -0.337 e. The van der Waals surface area contributed by atoms with Crippen LogP contribution in [0, 0.1) is 0 Å². The second kappa shape index (κ2) is 8.65. The Hall–Kier alpha value is -2.75. The summed E-state index contributed by atoms with van der Waals surface area (Å²) in [6.45, 7) is 1.41. The van der Waals surface area contributed by atoms with Crippen molar-refractivity contribution in [1.29, 1.82) is 0 Å². The molecule has 0 unspecified atom stereocenters. The maximum Gasteiger partial charge on any atom is 0.281 e. The van der Waals surface area contributed by atoms with Crippen molar-refractivity contribution in [2.75, 3.05) is 13.1 Å². The molecule has 32 heavy (non-hydrogen) atoms. The number of likely N-dealkylation sites (tertiary alicyclic amines) is 1. The minimum atomic E-state index is -0.358. The summed E-state index contributed by atoms with van der Waals surface area (Å²) in [6, 6.07) is 8.95. The number of H-pyrrole nitrogens is 1. The van der Waals surface area contributed by atoms with Crippen LogP contribution in [0.4, 0.5) is 0 Å². The SMILES string of the molecule is O=C(c1cccs1)N1CCC[C@@H](c2nc3c(nnn3Cc3c(Cl)cccc3Cl)c(=O)[nH]2)C1. The van der Waals surface area contributed by atoms with E-state index in [2.05, 4.69) is 15.3 Å². The number of benzene rings is 1. The van der Waals surface area contributed by atoms with Gasteiger partial charge in [0.25, 0.3) is 11.5 Å². The van der Waals surface area contributed by atoms with Crippen LogP contribution >= 0.6 is 34.5 Å². The van der Waals surface area contributed by atoms with Crippen molar-refractivity contribution in [2.24, 2.45) is 0 Å².